The van der Waals surface area contributed by atoms with Crippen molar-refractivity contribution in [1.29, 1.82) is 0 Å². The lowest BCUT2D eigenvalue weighted by molar-refractivity contribution is 0.0698. The molecule has 0 unspecified atom stereocenters. The predicted octanol–water partition coefficient (Wildman–Crippen LogP) is 3.68. The average molecular weight is 270 g/mol. The third-order valence-corrected chi connectivity index (χ3v) is 3.97. The molecule has 0 radical (unpaired) electrons. The number of carboxylic acids is 1. The molecule has 0 saturated heterocycles. The molecule has 0 spiro atoms. The smallest absolute Gasteiger partial charge is 0.337 e. The van der Waals surface area contributed by atoms with Gasteiger partial charge < -0.3 is 10.4 Å². The molecule has 0 bridgehead atoms. The molecule has 1 aliphatic rings. The van der Waals surface area contributed by atoms with Gasteiger partial charge in [0, 0.05) is 23.0 Å². The van der Waals surface area contributed by atoms with E-state index in [0.29, 0.717) is 6.04 Å². The molecule has 104 valence electrons. The van der Waals surface area contributed by atoms with E-state index in [9.17, 15) is 9.90 Å². The zero-order chi connectivity index (χ0) is 13.9. The largest absolute Gasteiger partial charge is 0.478 e. The Hall–Kier alpha value is -2.10. The number of benzene rings is 1. The molecule has 4 nitrogen and oxygen atoms in total. The lowest BCUT2D eigenvalue weighted by Gasteiger charge is -2.24. The van der Waals surface area contributed by atoms with Crippen LogP contribution in [0, 0.1) is 0 Å². The number of rotatable bonds is 3. The predicted molar refractivity (Wildman–Crippen MR) is 79.2 cm³/mol. The molecule has 3 rings (SSSR count). The first-order valence-corrected chi connectivity index (χ1v) is 7.13. The Labute approximate surface area is 117 Å². The second-order valence-corrected chi connectivity index (χ2v) is 5.35. The second kappa shape index (κ2) is 5.49. The molecule has 2 aromatic rings. The number of aromatic nitrogens is 1. The van der Waals surface area contributed by atoms with Crippen LogP contribution in [-0.2, 0) is 0 Å². The number of carboxylic acid groups (broad SMARTS) is 1. The Morgan fingerprint density at radius 3 is 2.55 bits per heavy atom. The number of anilines is 1. The van der Waals surface area contributed by atoms with Gasteiger partial charge in [-0.1, -0.05) is 43.5 Å². The number of nitrogens with one attached hydrogen (secondary N) is 1. The molecule has 1 aromatic carbocycles. The van der Waals surface area contributed by atoms with Gasteiger partial charge in [0.15, 0.2) is 0 Å². The van der Waals surface area contributed by atoms with Crippen LogP contribution in [0.15, 0.2) is 30.5 Å². The van der Waals surface area contributed by atoms with E-state index in [1.807, 2.05) is 24.3 Å². The Morgan fingerprint density at radius 1 is 1.15 bits per heavy atom. The minimum atomic E-state index is -0.932. The van der Waals surface area contributed by atoms with E-state index in [0.717, 1.165) is 29.4 Å². The fourth-order valence-corrected chi connectivity index (χ4v) is 2.92. The van der Waals surface area contributed by atoms with Crippen molar-refractivity contribution in [2.75, 3.05) is 5.32 Å². The van der Waals surface area contributed by atoms with Crippen molar-refractivity contribution in [3.8, 4) is 0 Å². The number of pyridine rings is 1. The van der Waals surface area contributed by atoms with E-state index in [2.05, 4.69) is 10.3 Å². The Bertz CT molecular complexity index is 633. The molecule has 1 fully saturated rings. The van der Waals surface area contributed by atoms with Crippen molar-refractivity contribution in [3.05, 3.63) is 36.0 Å². The van der Waals surface area contributed by atoms with Crippen molar-refractivity contribution in [2.24, 2.45) is 0 Å². The van der Waals surface area contributed by atoms with Gasteiger partial charge in [-0.25, -0.2) is 9.78 Å². The fraction of sp³-hybridized carbons (Fsp3) is 0.375. The quantitative estimate of drug-likeness (QED) is 0.893. The van der Waals surface area contributed by atoms with Crippen molar-refractivity contribution >= 4 is 22.6 Å². The highest BCUT2D eigenvalue weighted by Gasteiger charge is 2.17. The molecule has 0 atom stereocenters. The maximum Gasteiger partial charge on any atom is 0.337 e. The SMILES string of the molecule is O=C(O)c1cnc(NC2CCCCC2)c2ccccc12. The number of nitrogens with zero attached hydrogens (tertiary/aromatic N) is 1. The van der Waals surface area contributed by atoms with Crippen LogP contribution in [0.3, 0.4) is 0 Å². The standard InChI is InChI=1S/C16H18N2O2/c19-16(20)14-10-17-15(13-9-5-4-8-12(13)14)18-11-6-2-1-3-7-11/h4-5,8-11H,1-3,6-7H2,(H,17,18)(H,19,20). The van der Waals surface area contributed by atoms with Gasteiger partial charge in [0.25, 0.3) is 0 Å². The van der Waals surface area contributed by atoms with E-state index in [1.165, 1.54) is 25.5 Å². The first kappa shape index (κ1) is 12.9. The van der Waals surface area contributed by atoms with Gasteiger partial charge in [-0.05, 0) is 12.8 Å². The zero-order valence-corrected chi connectivity index (χ0v) is 11.3. The van der Waals surface area contributed by atoms with Gasteiger partial charge in [0.2, 0.25) is 0 Å². The summed E-state index contributed by atoms with van der Waals surface area (Å²) >= 11 is 0. The monoisotopic (exact) mass is 270 g/mol. The molecule has 0 amide bonds. The lowest BCUT2D eigenvalue weighted by atomic mass is 9.95. The van der Waals surface area contributed by atoms with Gasteiger partial charge in [-0.15, -0.1) is 0 Å². The topological polar surface area (TPSA) is 62.2 Å². The normalized spacial score (nSPS) is 16.2. The minimum Gasteiger partial charge on any atom is -0.478 e. The molecule has 4 heteroatoms. The highest BCUT2D eigenvalue weighted by Crippen LogP contribution is 2.27. The number of carbonyl (C=O) groups is 1. The molecule has 0 aliphatic heterocycles. The van der Waals surface area contributed by atoms with Crippen LogP contribution in [-0.4, -0.2) is 22.1 Å². The van der Waals surface area contributed by atoms with Crippen molar-refractivity contribution in [2.45, 2.75) is 38.1 Å². The summed E-state index contributed by atoms with van der Waals surface area (Å²) in [6.45, 7) is 0. The first-order valence-electron chi connectivity index (χ1n) is 7.13. The molecular formula is C16H18N2O2. The summed E-state index contributed by atoms with van der Waals surface area (Å²) in [6, 6.07) is 8.00. The van der Waals surface area contributed by atoms with E-state index < -0.39 is 5.97 Å². The van der Waals surface area contributed by atoms with E-state index in [-0.39, 0.29) is 5.56 Å². The summed E-state index contributed by atoms with van der Waals surface area (Å²) < 4.78 is 0. The van der Waals surface area contributed by atoms with Gasteiger partial charge >= 0.3 is 5.97 Å². The highest BCUT2D eigenvalue weighted by atomic mass is 16.4. The Balaban J connectivity index is 1.99. The molecule has 2 N–H and O–H groups in total. The Kier molecular flexibility index (Phi) is 3.54. The van der Waals surface area contributed by atoms with Crippen LogP contribution in [0.1, 0.15) is 42.5 Å². The number of aromatic carboxylic acids is 1. The van der Waals surface area contributed by atoms with E-state index in [4.69, 9.17) is 0 Å². The highest BCUT2D eigenvalue weighted by molar-refractivity contribution is 6.06. The summed E-state index contributed by atoms with van der Waals surface area (Å²) in [5.41, 5.74) is 0.259. The van der Waals surface area contributed by atoms with Crippen LogP contribution in [0.25, 0.3) is 10.8 Å². The zero-order valence-electron chi connectivity index (χ0n) is 11.3. The van der Waals surface area contributed by atoms with E-state index >= 15 is 0 Å². The third kappa shape index (κ3) is 2.46. The van der Waals surface area contributed by atoms with Crippen molar-refractivity contribution in [3.63, 3.8) is 0 Å². The first-order chi connectivity index (χ1) is 9.75. The van der Waals surface area contributed by atoms with Crippen molar-refractivity contribution < 1.29 is 9.90 Å². The molecule has 1 heterocycles. The van der Waals surface area contributed by atoms with Gasteiger partial charge in [-0.3, -0.25) is 0 Å². The van der Waals surface area contributed by atoms with Crippen LogP contribution in [0.4, 0.5) is 5.82 Å². The van der Waals surface area contributed by atoms with Crippen LogP contribution >= 0.6 is 0 Å². The second-order valence-electron chi connectivity index (χ2n) is 5.35. The summed E-state index contributed by atoms with van der Waals surface area (Å²) in [4.78, 5) is 15.6. The number of fused-ring (bicyclic) bond motifs is 1. The Morgan fingerprint density at radius 2 is 1.85 bits per heavy atom. The molecule has 20 heavy (non-hydrogen) atoms. The molecule has 1 saturated carbocycles. The fourth-order valence-electron chi connectivity index (χ4n) is 2.92. The van der Waals surface area contributed by atoms with Gasteiger partial charge in [-0.2, -0.15) is 0 Å². The van der Waals surface area contributed by atoms with Gasteiger partial charge in [0.05, 0.1) is 5.56 Å². The number of hydrogen-bond acceptors (Lipinski definition) is 3. The van der Waals surface area contributed by atoms with Crippen LogP contribution < -0.4 is 5.32 Å². The van der Waals surface area contributed by atoms with Gasteiger partial charge in [0.1, 0.15) is 5.82 Å². The average Bonchev–Trinajstić information content (AvgIpc) is 2.48. The molecule has 1 aliphatic carbocycles. The summed E-state index contributed by atoms with van der Waals surface area (Å²) in [5, 5.41) is 14.4. The summed E-state index contributed by atoms with van der Waals surface area (Å²) in [6.07, 6.45) is 7.60. The summed E-state index contributed by atoms with van der Waals surface area (Å²) in [5.74, 6) is -0.129. The maximum absolute atomic E-state index is 11.3. The molecular weight excluding hydrogens is 252 g/mol. The van der Waals surface area contributed by atoms with Crippen molar-refractivity contribution in [1.82, 2.24) is 4.98 Å². The minimum absolute atomic E-state index is 0.259. The molecule has 1 aromatic heterocycles. The van der Waals surface area contributed by atoms with Crippen LogP contribution in [0.5, 0.6) is 0 Å². The summed E-state index contributed by atoms with van der Waals surface area (Å²) in [7, 11) is 0. The maximum atomic E-state index is 11.3. The lowest BCUT2D eigenvalue weighted by Crippen LogP contribution is -2.23. The number of hydrogen-bond donors (Lipinski definition) is 2. The third-order valence-electron chi connectivity index (χ3n) is 3.97. The van der Waals surface area contributed by atoms with Crippen LogP contribution in [0.2, 0.25) is 0 Å². The van der Waals surface area contributed by atoms with E-state index in [1.54, 1.807) is 0 Å².